The van der Waals surface area contributed by atoms with E-state index in [0.717, 1.165) is 19.3 Å². The molecule has 0 radical (unpaired) electrons. The number of hydrogen-bond acceptors (Lipinski definition) is 4. The monoisotopic (exact) mass is 374 g/mol. The molecule has 0 heterocycles. The van der Waals surface area contributed by atoms with Gasteiger partial charge in [0.1, 0.15) is 12.6 Å². The number of hydrogen-bond donors (Lipinski definition) is 0. The second-order valence-electron chi connectivity index (χ2n) is 9.04. The maximum atomic E-state index is 11.1. The van der Waals surface area contributed by atoms with Gasteiger partial charge in [-0.3, -0.25) is 0 Å². The standard InChI is InChI=1S/C15H31NO2.C5H11NO2/c1-5-6-7-8-9-10-11-12-13-14(15(17)18)16(2,3)4;1-6(2,3)4-5(7)8/h14H,5-13H2,1-4H3;4H2,1-3H3. The number of likely N-dealkylation sites (N-methyl/N-ethyl adjacent to an activating group) is 2. The summed E-state index contributed by atoms with van der Waals surface area (Å²) in [6, 6.07) is -0.370. The smallest absolute Gasteiger partial charge is 0.129 e. The molecule has 0 saturated carbocycles. The van der Waals surface area contributed by atoms with Crippen LogP contribution in [0.15, 0.2) is 0 Å². The van der Waals surface area contributed by atoms with Crippen molar-refractivity contribution in [2.75, 3.05) is 48.8 Å². The van der Waals surface area contributed by atoms with E-state index >= 15 is 0 Å². The number of carboxylic acids is 2. The Bertz CT molecular complexity index is 384. The molecule has 0 aromatic carbocycles. The molecule has 0 rings (SSSR count). The van der Waals surface area contributed by atoms with Crippen molar-refractivity contribution < 1.29 is 28.8 Å². The summed E-state index contributed by atoms with van der Waals surface area (Å²) >= 11 is 0. The van der Waals surface area contributed by atoms with E-state index in [-0.39, 0.29) is 12.6 Å². The lowest BCUT2D eigenvalue weighted by atomic mass is 10.0. The Morgan fingerprint density at radius 1 is 0.769 bits per heavy atom. The highest BCUT2D eigenvalue weighted by molar-refractivity contribution is 5.69. The molecule has 1 unspecified atom stereocenters. The Hall–Kier alpha value is -1.14. The van der Waals surface area contributed by atoms with Gasteiger partial charge in [-0.15, -0.1) is 0 Å². The molecule has 0 aliphatic carbocycles. The lowest BCUT2D eigenvalue weighted by molar-refractivity contribution is -0.889. The van der Waals surface area contributed by atoms with Gasteiger partial charge < -0.3 is 28.8 Å². The Labute approximate surface area is 161 Å². The van der Waals surface area contributed by atoms with E-state index in [4.69, 9.17) is 0 Å². The minimum Gasteiger partial charge on any atom is -0.544 e. The zero-order valence-electron chi connectivity index (χ0n) is 18.2. The van der Waals surface area contributed by atoms with Crippen molar-refractivity contribution in [1.29, 1.82) is 0 Å². The molecular weight excluding hydrogens is 332 g/mol. The van der Waals surface area contributed by atoms with Crippen molar-refractivity contribution in [3.8, 4) is 0 Å². The molecule has 0 aliphatic rings. The fourth-order valence-corrected chi connectivity index (χ4v) is 2.68. The van der Waals surface area contributed by atoms with Gasteiger partial charge in [-0.1, -0.05) is 51.9 Å². The third-order valence-corrected chi connectivity index (χ3v) is 4.14. The highest BCUT2D eigenvalue weighted by Gasteiger charge is 2.24. The van der Waals surface area contributed by atoms with Gasteiger partial charge in [-0.25, -0.2) is 0 Å². The molecule has 0 aromatic rings. The van der Waals surface area contributed by atoms with E-state index in [1.807, 2.05) is 21.1 Å². The van der Waals surface area contributed by atoms with Crippen LogP contribution in [0.25, 0.3) is 0 Å². The molecule has 0 bridgehead atoms. The van der Waals surface area contributed by atoms with Crippen LogP contribution in [-0.2, 0) is 9.59 Å². The van der Waals surface area contributed by atoms with Crippen LogP contribution in [0.2, 0.25) is 0 Å². The van der Waals surface area contributed by atoms with Crippen LogP contribution in [-0.4, -0.2) is 75.8 Å². The summed E-state index contributed by atoms with van der Waals surface area (Å²) in [4.78, 5) is 20.9. The summed E-state index contributed by atoms with van der Waals surface area (Å²) in [5.41, 5.74) is 0. The topological polar surface area (TPSA) is 80.3 Å². The molecule has 1 atom stereocenters. The van der Waals surface area contributed by atoms with Crippen molar-refractivity contribution in [2.24, 2.45) is 0 Å². The summed E-state index contributed by atoms with van der Waals surface area (Å²) in [5.74, 6) is -1.91. The zero-order chi connectivity index (χ0) is 20.8. The van der Waals surface area contributed by atoms with Gasteiger partial charge in [0.05, 0.1) is 54.2 Å². The summed E-state index contributed by atoms with van der Waals surface area (Å²) in [7, 11) is 11.2. The average Bonchev–Trinajstić information content (AvgIpc) is 2.41. The first-order chi connectivity index (χ1) is 11.8. The van der Waals surface area contributed by atoms with Gasteiger partial charge in [0.2, 0.25) is 0 Å². The van der Waals surface area contributed by atoms with Crippen molar-refractivity contribution >= 4 is 11.9 Å². The van der Waals surface area contributed by atoms with E-state index < -0.39 is 11.9 Å². The predicted octanol–water partition coefficient (Wildman–Crippen LogP) is 0.784. The van der Waals surface area contributed by atoms with Gasteiger partial charge in [-0.05, 0) is 6.42 Å². The van der Waals surface area contributed by atoms with E-state index in [0.29, 0.717) is 8.97 Å². The van der Waals surface area contributed by atoms with Gasteiger partial charge in [0, 0.05) is 6.42 Å². The molecule has 26 heavy (non-hydrogen) atoms. The Balaban J connectivity index is 0. The fraction of sp³-hybridized carbons (Fsp3) is 0.900. The number of aliphatic carboxylic acids is 2. The molecule has 0 spiro atoms. The molecule has 0 N–H and O–H groups in total. The second-order valence-corrected chi connectivity index (χ2v) is 9.04. The second kappa shape index (κ2) is 14.0. The number of rotatable bonds is 13. The van der Waals surface area contributed by atoms with Crippen LogP contribution in [0, 0.1) is 0 Å². The van der Waals surface area contributed by atoms with Crippen molar-refractivity contribution in [2.45, 2.75) is 70.8 Å². The molecular formula is C20H42N2O4. The number of carbonyl (C=O) groups excluding carboxylic acids is 2. The molecule has 0 fully saturated rings. The minimum atomic E-state index is -1.00. The van der Waals surface area contributed by atoms with Crippen LogP contribution < -0.4 is 10.2 Å². The quantitative estimate of drug-likeness (QED) is 0.352. The van der Waals surface area contributed by atoms with E-state index in [2.05, 4.69) is 6.92 Å². The Morgan fingerprint density at radius 2 is 1.19 bits per heavy atom. The molecule has 156 valence electrons. The van der Waals surface area contributed by atoms with Crippen LogP contribution in [0.5, 0.6) is 0 Å². The summed E-state index contributed by atoms with van der Waals surface area (Å²) in [5, 5.41) is 20.9. The van der Waals surface area contributed by atoms with Crippen LogP contribution in [0.1, 0.15) is 64.7 Å². The molecule has 0 aliphatic heterocycles. The number of unbranched alkanes of at least 4 members (excludes halogenated alkanes) is 7. The number of quaternary nitrogens is 2. The van der Waals surface area contributed by atoms with Gasteiger partial charge in [0.15, 0.2) is 0 Å². The summed E-state index contributed by atoms with van der Waals surface area (Å²) < 4.78 is 0.876. The number of carboxylic acid groups (broad SMARTS) is 2. The highest BCUT2D eigenvalue weighted by Crippen LogP contribution is 2.14. The highest BCUT2D eigenvalue weighted by atomic mass is 16.4. The fourth-order valence-electron chi connectivity index (χ4n) is 2.68. The van der Waals surface area contributed by atoms with Crippen molar-refractivity contribution in [1.82, 2.24) is 0 Å². The van der Waals surface area contributed by atoms with E-state index in [1.165, 1.54) is 38.5 Å². The van der Waals surface area contributed by atoms with Crippen LogP contribution in [0.3, 0.4) is 0 Å². The number of nitrogens with zero attached hydrogens (tertiary/aromatic N) is 2. The molecule has 6 nitrogen and oxygen atoms in total. The average molecular weight is 375 g/mol. The van der Waals surface area contributed by atoms with Crippen molar-refractivity contribution in [3.05, 3.63) is 0 Å². The Kier molecular flexibility index (Phi) is 14.6. The number of carbonyl (C=O) groups is 2. The first-order valence-electron chi connectivity index (χ1n) is 9.83. The summed E-state index contributed by atoms with van der Waals surface area (Å²) in [6.07, 6.45) is 10.7. The molecule has 6 heteroatoms. The minimum absolute atomic E-state index is 0.0694. The maximum Gasteiger partial charge on any atom is 0.129 e. The van der Waals surface area contributed by atoms with Crippen LogP contribution >= 0.6 is 0 Å². The first-order valence-corrected chi connectivity index (χ1v) is 9.83. The third-order valence-electron chi connectivity index (χ3n) is 4.14. The van der Waals surface area contributed by atoms with Crippen LogP contribution in [0.4, 0.5) is 0 Å². The lowest BCUT2D eigenvalue weighted by Gasteiger charge is -2.34. The van der Waals surface area contributed by atoms with Gasteiger partial charge in [0.25, 0.3) is 0 Å². The van der Waals surface area contributed by atoms with Gasteiger partial charge in [-0.2, -0.15) is 0 Å². The Morgan fingerprint density at radius 3 is 1.46 bits per heavy atom. The van der Waals surface area contributed by atoms with Crippen molar-refractivity contribution in [3.63, 3.8) is 0 Å². The lowest BCUT2D eigenvalue weighted by Crippen LogP contribution is -2.54. The maximum absolute atomic E-state index is 11.1. The van der Waals surface area contributed by atoms with E-state index in [1.54, 1.807) is 21.1 Å². The zero-order valence-corrected chi connectivity index (χ0v) is 18.2. The first kappa shape index (κ1) is 27.1. The summed E-state index contributed by atoms with van der Waals surface area (Å²) in [6.45, 7) is 2.30. The SMILES string of the molecule is CCCCCCCCCCC(C(=O)[O-])[N+](C)(C)C.C[N+](C)(C)CC(=O)[O-]. The third kappa shape index (κ3) is 19.2. The predicted molar refractivity (Wildman–Crippen MR) is 102 cm³/mol. The molecule has 0 amide bonds. The normalized spacial score (nSPS) is 12.9. The van der Waals surface area contributed by atoms with Gasteiger partial charge >= 0.3 is 0 Å². The molecule has 0 saturated heterocycles. The van der Waals surface area contributed by atoms with E-state index in [9.17, 15) is 19.8 Å². The molecule has 0 aromatic heterocycles. The largest absolute Gasteiger partial charge is 0.544 e.